The fourth-order valence-electron chi connectivity index (χ4n) is 2.02. The molecular formula is C14H18N2O. The average molecular weight is 230 g/mol. The number of rotatable bonds is 5. The first-order valence-electron chi connectivity index (χ1n) is 6.02. The molecule has 1 N–H and O–H groups in total. The Morgan fingerprint density at radius 1 is 1.53 bits per heavy atom. The second kappa shape index (κ2) is 5.20. The Balaban J connectivity index is 1.90. The fraction of sp³-hybridized carbons (Fsp3) is 0.500. The van der Waals surface area contributed by atoms with Gasteiger partial charge in [0.1, 0.15) is 11.8 Å². The molecule has 0 aromatic heterocycles. The van der Waals surface area contributed by atoms with Gasteiger partial charge in [-0.05, 0) is 42.5 Å². The third-order valence-electron chi connectivity index (χ3n) is 3.40. The van der Waals surface area contributed by atoms with Crippen molar-refractivity contribution in [3.63, 3.8) is 0 Å². The van der Waals surface area contributed by atoms with Gasteiger partial charge in [0.15, 0.2) is 0 Å². The molecule has 2 atom stereocenters. The van der Waals surface area contributed by atoms with E-state index in [9.17, 15) is 0 Å². The zero-order valence-corrected chi connectivity index (χ0v) is 10.4. The summed E-state index contributed by atoms with van der Waals surface area (Å²) in [7, 11) is 1.60. The number of methoxy groups -OCH3 is 1. The van der Waals surface area contributed by atoms with E-state index in [-0.39, 0.29) is 0 Å². The van der Waals surface area contributed by atoms with E-state index in [0.29, 0.717) is 11.3 Å². The summed E-state index contributed by atoms with van der Waals surface area (Å²) in [4.78, 5) is 0. The number of nitrogens with one attached hydrogen (secondary N) is 1. The summed E-state index contributed by atoms with van der Waals surface area (Å²) in [6.07, 6.45) is 1.35. The van der Waals surface area contributed by atoms with Gasteiger partial charge in [-0.1, -0.05) is 13.0 Å². The Kier molecular flexibility index (Phi) is 3.65. The van der Waals surface area contributed by atoms with Gasteiger partial charge in [0, 0.05) is 6.54 Å². The van der Waals surface area contributed by atoms with Gasteiger partial charge in [0.2, 0.25) is 0 Å². The van der Waals surface area contributed by atoms with Crippen LogP contribution in [0.3, 0.4) is 0 Å². The van der Waals surface area contributed by atoms with Gasteiger partial charge < -0.3 is 10.1 Å². The number of nitrogens with zero attached hydrogens (tertiary/aromatic N) is 1. The number of benzene rings is 1. The predicted molar refractivity (Wildman–Crippen MR) is 66.7 cm³/mol. The van der Waals surface area contributed by atoms with Crippen LogP contribution in [0.5, 0.6) is 5.75 Å². The van der Waals surface area contributed by atoms with Crippen LogP contribution in [0.4, 0.5) is 0 Å². The van der Waals surface area contributed by atoms with Gasteiger partial charge in [0.05, 0.1) is 12.7 Å². The number of hydrogen-bond donors (Lipinski definition) is 1. The van der Waals surface area contributed by atoms with Crippen molar-refractivity contribution in [2.24, 2.45) is 11.8 Å². The van der Waals surface area contributed by atoms with Gasteiger partial charge in [-0.2, -0.15) is 5.26 Å². The Labute approximate surface area is 102 Å². The molecule has 0 saturated heterocycles. The van der Waals surface area contributed by atoms with E-state index in [1.807, 2.05) is 18.2 Å². The van der Waals surface area contributed by atoms with Crippen LogP contribution in [0.2, 0.25) is 0 Å². The molecule has 0 aliphatic heterocycles. The SMILES string of the molecule is COc1cc(CNCC2CC2C)ccc1C#N. The monoisotopic (exact) mass is 230 g/mol. The van der Waals surface area contributed by atoms with Crippen molar-refractivity contribution >= 4 is 0 Å². The summed E-state index contributed by atoms with van der Waals surface area (Å²) >= 11 is 0. The highest BCUT2D eigenvalue weighted by atomic mass is 16.5. The minimum Gasteiger partial charge on any atom is -0.495 e. The highest BCUT2D eigenvalue weighted by Crippen LogP contribution is 2.36. The zero-order chi connectivity index (χ0) is 12.3. The van der Waals surface area contributed by atoms with Crippen LogP contribution >= 0.6 is 0 Å². The molecular weight excluding hydrogens is 212 g/mol. The zero-order valence-electron chi connectivity index (χ0n) is 10.4. The quantitative estimate of drug-likeness (QED) is 0.844. The third-order valence-corrected chi connectivity index (χ3v) is 3.40. The second-order valence-electron chi connectivity index (χ2n) is 4.75. The molecule has 3 nitrogen and oxygen atoms in total. The van der Waals surface area contributed by atoms with Crippen LogP contribution in [0, 0.1) is 23.2 Å². The third kappa shape index (κ3) is 2.98. The van der Waals surface area contributed by atoms with E-state index in [1.54, 1.807) is 7.11 Å². The Morgan fingerprint density at radius 2 is 2.29 bits per heavy atom. The first-order chi connectivity index (χ1) is 8.24. The molecule has 2 unspecified atom stereocenters. The van der Waals surface area contributed by atoms with Crippen LogP contribution in [-0.4, -0.2) is 13.7 Å². The van der Waals surface area contributed by atoms with Gasteiger partial charge in [-0.3, -0.25) is 0 Å². The maximum absolute atomic E-state index is 8.88. The molecule has 1 aromatic rings. The molecule has 0 bridgehead atoms. The van der Waals surface area contributed by atoms with E-state index < -0.39 is 0 Å². The molecule has 1 aliphatic rings. The number of nitriles is 1. The molecule has 2 rings (SSSR count). The summed E-state index contributed by atoms with van der Waals surface area (Å²) in [6.45, 7) is 4.21. The lowest BCUT2D eigenvalue weighted by Gasteiger charge is -2.07. The summed E-state index contributed by atoms with van der Waals surface area (Å²) in [5.74, 6) is 2.40. The fourth-order valence-corrected chi connectivity index (χ4v) is 2.02. The largest absolute Gasteiger partial charge is 0.495 e. The Hall–Kier alpha value is -1.53. The standard InChI is InChI=1S/C14H18N2O/c1-10-5-13(10)9-16-8-11-3-4-12(7-15)14(6-11)17-2/h3-4,6,10,13,16H,5,8-9H2,1-2H3. The molecule has 0 radical (unpaired) electrons. The van der Waals surface area contributed by atoms with Crippen LogP contribution in [0.15, 0.2) is 18.2 Å². The molecule has 0 amide bonds. The molecule has 0 spiro atoms. The molecule has 1 aromatic carbocycles. The lowest BCUT2D eigenvalue weighted by Crippen LogP contribution is -2.16. The highest BCUT2D eigenvalue weighted by molar-refractivity contribution is 5.45. The van der Waals surface area contributed by atoms with Crippen molar-refractivity contribution in [3.8, 4) is 11.8 Å². The molecule has 1 saturated carbocycles. The molecule has 1 fully saturated rings. The lowest BCUT2D eigenvalue weighted by molar-refractivity contribution is 0.412. The highest BCUT2D eigenvalue weighted by Gasteiger charge is 2.31. The normalized spacial score (nSPS) is 21.9. The second-order valence-corrected chi connectivity index (χ2v) is 4.75. The van der Waals surface area contributed by atoms with Crippen molar-refractivity contribution in [2.75, 3.05) is 13.7 Å². The molecule has 0 heterocycles. The molecule has 17 heavy (non-hydrogen) atoms. The molecule has 90 valence electrons. The van der Waals surface area contributed by atoms with Crippen molar-refractivity contribution < 1.29 is 4.74 Å². The van der Waals surface area contributed by atoms with Gasteiger partial charge in [-0.15, -0.1) is 0 Å². The van der Waals surface area contributed by atoms with E-state index in [2.05, 4.69) is 18.3 Å². The van der Waals surface area contributed by atoms with Crippen molar-refractivity contribution in [2.45, 2.75) is 19.9 Å². The smallest absolute Gasteiger partial charge is 0.136 e. The molecule has 1 aliphatic carbocycles. The maximum Gasteiger partial charge on any atom is 0.136 e. The Bertz CT molecular complexity index is 436. The van der Waals surface area contributed by atoms with Crippen LogP contribution in [0.25, 0.3) is 0 Å². The summed E-state index contributed by atoms with van der Waals surface area (Å²) in [5, 5.41) is 12.3. The van der Waals surface area contributed by atoms with Crippen LogP contribution in [-0.2, 0) is 6.54 Å². The summed E-state index contributed by atoms with van der Waals surface area (Å²) in [6, 6.07) is 7.84. The van der Waals surface area contributed by atoms with E-state index in [4.69, 9.17) is 10.00 Å². The first kappa shape index (κ1) is 11.9. The van der Waals surface area contributed by atoms with E-state index >= 15 is 0 Å². The minimum absolute atomic E-state index is 0.590. The van der Waals surface area contributed by atoms with Gasteiger partial charge >= 0.3 is 0 Å². The molecule has 3 heteroatoms. The number of hydrogen-bond acceptors (Lipinski definition) is 3. The van der Waals surface area contributed by atoms with Crippen molar-refractivity contribution in [3.05, 3.63) is 29.3 Å². The van der Waals surface area contributed by atoms with E-state index in [0.717, 1.165) is 30.5 Å². The summed E-state index contributed by atoms with van der Waals surface area (Å²) in [5.41, 5.74) is 1.75. The lowest BCUT2D eigenvalue weighted by atomic mass is 10.1. The van der Waals surface area contributed by atoms with Gasteiger partial charge in [0.25, 0.3) is 0 Å². The maximum atomic E-state index is 8.88. The Morgan fingerprint density at radius 3 is 2.88 bits per heavy atom. The van der Waals surface area contributed by atoms with Crippen molar-refractivity contribution in [1.29, 1.82) is 5.26 Å². The average Bonchev–Trinajstić information content (AvgIpc) is 3.05. The van der Waals surface area contributed by atoms with Gasteiger partial charge in [-0.25, -0.2) is 0 Å². The van der Waals surface area contributed by atoms with E-state index in [1.165, 1.54) is 6.42 Å². The summed E-state index contributed by atoms with van der Waals surface area (Å²) < 4.78 is 5.18. The first-order valence-corrected chi connectivity index (χ1v) is 6.02. The topological polar surface area (TPSA) is 45.0 Å². The predicted octanol–water partition coefficient (Wildman–Crippen LogP) is 2.31. The van der Waals surface area contributed by atoms with Crippen molar-refractivity contribution in [1.82, 2.24) is 5.32 Å². The minimum atomic E-state index is 0.590. The van der Waals surface area contributed by atoms with Crippen LogP contribution < -0.4 is 10.1 Å². The number of ether oxygens (including phenoxy) is 1. The van der Waals surface area contributed by atoms with Crippen LogP contribution in [0.1, 0.15) is 24.5 Å².